The van der Waals surface area contributed by atoms with Crippen LogP contribution >= 0.6 is 15.9 Å². The van der Waals surface area contributed by atoms with Gasteiger partial charge in [-0.1, -0.05) is 28.1 Å². The fraction of sp³-hybridized carbons (Fsp3) is 0.100. The van der Waals surface area contributed by atoms with E-state index in [4.69, 9.17) is 4.42 Å². The molecule has 72 valence electrons. The number of hydrogen-bond donors (Lipinski definition) is 0. The highest BCUT2D eigenvalue weighted by Gasteiger charge is 2.05. The molecule has 0 amide bonds. The molecule has 0 saturated carbocycles. The minimum absolute atomic E-state index is 0.347. The van der Waals surface area contributed by atoms with E-state index in [2.05, 4.69) is 15.9 Å². The van der Waals surface area contributed by atoms with Crippen LogP contribution in [0.1, 0.15) is 0 Å². The summed E-state index contributed by atoms with van der Waals surface area (Å²) in [5.41, 5.74) is 0.886. The summed E-state index contributed by atoms with van der Waals surface area (Å²) in [6.07, 6.45) is 1.67. The van der Waals surface area contributed by atoms with Crippen LogP contribution in [0.4, 0.5) is 0 Å². The number of aryl methyl sites for hydroxylation is 1. The second kappa shape index (κ2) is 3.46. The Kier molecular flexibility index (Phi) is 2.29. The molecule has 0 aliphatic heterocycles. The molecule has 2 rings (SSSR count). The Labute approximate surface area is 89.1 Å². The van der Waals surface area contributed by atoms with Crippen LogP contribution in [0.15, 0.2) is 44.1 Å². The van der Waals surface area contributed by atoms with Crippen LogP contribution in [0.5, 0.6) is 0 Å². The minimum atomic E-state index is -0.347. The number of benzene rings is 1. The Morgan fingerprint density at radius 3 is 2.79 bits per heavy atom. The van der Waals surface area contributed by atoms with Gasteiger partial charge in [0.15, 0.2) is 5.76 Å². The van der Waals surface area contributed by atoms with E-state index in [-0.39, 0.29) is 5.76 Å². The summed E-state index contributed by atoms with van der Waals surface area (Å²) in [6.45, 7) is 0. The van der Waals surface area contributed by atoms with Gasteiger partial charge >= 0.3 is 5.76 Å². The molecule has 0 aliphatic rings. The van der Waals surface area contributed by atoms with Crippen LogP contribution in [0.2, 0.25) is 0 Å². The lowest BCUT2D eigenvalue weighted by Gasteiger charge is -1.95. The molecule has 0 saturated heterocycles. The molecule has 2 aromatic rings. The zero-order valence-electron chi connectivity index (χ0n) is 7.53. The van der Waals surface area contributed by atoms with E-state index in [1.807, 2.05) is 24.3 Å². The Bertz CT molecular complexity index is 513. The van der Waals surface area contributed by atoms with Crippen molar-refractivity contribution in [3.05, 3.63) is 45.5 Å². The Balaban J connectivity index is 2.54. The molecule has 0 atom stereocenters. The van der Waals surface area contributed by atoms with E-state index < -0.39 is 0 Å². The van der Waals surface area contributed by atoms with Crippen molar-refractivity contribution in [1.82, 2.24) is 4.57 Å². The molecule has 0 N–H and O–H groups in total. The standard InChI is InChI=1S/C10H8BrNO2/c1-12-6-9(14-10(12)13)7-3-2-4-8(11)5-7/h2-6H,1H3. The van der Waals surface area contributed by atoms with Gasteiger partial charge in [-0.3, -0.25) is 4.57 Å². The molecule has 0 radical (unpaired) electrons. The summed E-state index contributed by atoms with van der Waals surface area (Å²) in [5, 5.41) is 0. The molecular formula is C10H8BrNO2. The third-order valence-corrected chi connectivity index (χ3v) is 2.40. The third-order valence-electron chi connectivity index (χ3n) is 1.91. The molecule has 1 heterocycles. The third kappa shape index (κ3) is 1.65. The molecule has 1 aromatic carbocycles. The smallest absolute Gasteiger partial charge is 0.408 e. The first-order valence-corrected chi connectivity index (χ1v) is 4.88. The largest absolute Gasteiger partial charge is 0.419 e. The van der Waals surface area contributed by atoms with Gasteiger partial charge in [-0.25, -0.2) is 4.79 Å². The maximum atomic E-state index is 11.1. The van der Waals surface area contributed by atoms with Gasteiger partial charge in [0.05, 0.1) is 6.20 Å². The van der Waals surface area contributed by atoms with Crippen molar-refractivity contribution in [2.45, 2.75) is 0 Å². The molecule has 0 aliphatic carbocycles. The van der Waals surface area contributed by atoms with Gasteiger partial charge in [0.25, 0.3) is 0 Å². The molecule has 0 fully saturated rings. The van der Waals surface area contributed by atoms with Crippen molar-refractivity contribution in [2.75, 3.05) is 0 Å². The number of hydrogen-bond acceptors (Lipinski definition) is 2. The number of rotatable bonds is 1. The van der Waals surface area contributed by atoms with E-state index in [1.165, 1.54) is 4.57 Å². The van der Waals surface area contributed by atoms with Crippen LogP contribution < -0.4 is 5.76 Å². The Hall–Kier alpha value is -1.29. The van der Waals surface area contributed by atoms with Gasteiger partial charge in [0.1, 0.15) is 0 Å². The van der Waals surface area contributed by atoms with Crippen molar-refractivity contribution >= 4 is 15.9 Å². The average molecular weight is 254 g/mol. The summed E-state index contributed by atoms with van der Waals surface area (Å²) >= 11 is 3.36. The van der Waals surface area contributed by atoms with E-state index in [0.29, 0.717) is 5.76 Å². The van der Waals surface area contributed by atoms with Crippen LogP contribution in [0, 0.1) is 0 Å². The van der Waals surface area contributed by atoms with E-state index in [1.54, 1.807) is 13.2 Å². The van der Waals surface area contributed by atoms with Crippen LogP contribution in [-0.2, 0) is 7.05 Å². The minimum Gasteiger partial charge on any atom is -0.408 e. The van der Waals surface area contributed by atoms with Crippen LogP contribution in [0.3, 0.4) is 0 Å². The molecule has 1 aromatic heterocycles. The molecule has 3 nitrogen and oxygen atoms in total. The number of oxazole rings is 1. The summed E-state index contributed by atoms with van der Waals surface area (Å²) in [5.74, 6) is 0.235. The summed E-state index contributed by atoms with van der Waals surface area (Å²) < 4.78 is 7.41. The zero-order valence-corrected chi connectivity index (χ0v) is 9.11. The van der Waals surface area contributed by atoms with Crippen LogP contribution in [-0.4, -0.2) is 4.57 Å². The lowest BCUT2D eigenvalue weighted by Crippen LogP contribution is -2.06. The first-order valence-electron chi connectivity index (χ1n) is 4.09. The second-order valence-corrected chi connectivity index (χ2v) is 3.90. The molecule has 4 heteroatoms. The fourth-order valence-corrected chi connectivity index (χ4v) is 1.60. The zero-order chi connectivity index (χ0) is 10.1. The van der Waals surface area contributed by atoms with Gasteiger partial charge in [0, 0.05) is 17.1 Å². The van der Waals surface area contributed by atoms with Crippen molar-refractivity contribution < 1.29 is 4.42 Å². The van der Waals surface area contributed by atoms with Crippen LogP contribution in [0.25, 0.3) is 11.3 Å². The van der Waals surface area contributed by atoms with Gasteiger partial charge in [-0.15, -0.1) is 0 Å². The molecule has 0 unspecified atom stereocenters. The monoisotopic (exact) mass is 253 g/mol. The van der Waals surface area contributed by atoms with Crippen molar-refractivity contribution in [1.29, 1.82) is 0 Å². The van der Waals surface area contributed by atoms with Gasteiger partial charge in [0.2, 0.25) is 0 Å². The number of aromatic nitrogens is 1. The molecular weight excluding hydrogens is 246 g/mol. The van der Waals surface area contributed by atoms with E-state index in [0.717, 1.165) is 10.0 Å². The number of halogens is 1. The highest BCUT2D eigenvalue weighted by molar-refractivity contribution is 9.10. The lowest BCUT2D eigenvalue weighted by molar-refractivity contribution is 0.505. The second-order valence-electron chi connectivity index (χ2n) is 2.98. The van der Waals surface area contributed by atoms with Crippen molar-refractivity contribution in [3.8, 4) is 11.3 Å². The quantitative estimate of drug-likeness (QED) is 0.783. The van der Waals surface area contributed by atoms with E-state index in [9.17, 15) is 4.79 Å². The average Bonchev–Trinajstić information content (AvgIpc) is 2.47. The van der Waals surface area contributed by atoms with Gasteiger partial charge in [-0.2, -0.15) is 0 Å². The Morgan fingerprint density at radius 1 is 1.43 bits per heavy atom. The lowest BCUT2D eigenvalue weighted by atomic mass is 10.2. The highest BCUT2D eigenvalue weighted by atomic mass is 79.9. The van der Waals surface area contributed by atoms with Crippen molar-refractivity contribution in [3.63, 3.8) is 0 Å². The predicted molar refractivity (Wildman–Crippen MR) is 57.1 cm³/mol. The van der Waals surface area contributed by atoms with E-state index >= 15 is 0 Å². The molecule has 0 spiro atoms. The molecule has 14 heavy (non-hydrogen) atoms. The first kappa shape index (κ1) is 9.27. The van der Waals surface area contributed by atoms with Crippen molar-refractivity contribution in [2.24, 2.45) is 7.05 Å². The molecule has 0 bridgehead atoms. The fourth-order valence-electron chi connectivity index (χ4n) is 1.20. The summed E-state index contributed by atoms with van der Waals surface area (Å²) in [7, 11) is 1.66. The topological polar surface area (TPSA) is 35.1 Å². The van der Waals surface area contributed by atoms with Gasteiger partial charge < -0.3 is 4.42 Å². The predicted octanol–water partition coefficient (Wildman–Crippen LogP) is 2.41. The highest BCUT2D eigenvalue weighted by Crippen LogP contribution is 2.21. The Morgan fingerprint density at radius 2 is 2.21 bits per heavy atom. The first-order chi connectivity index (χ1) is 6.66. The maximum Gasteiger partial charge on any atom is 0.419 e. The SMILES string of the molecule is Cn1cc(-c2cccc(Br)c2)oc1=O. The normalized spacial score (nSPS) is 10.4. The summed E-state index contributed by atoms with van der Waals surface area (Å²) in [4.78, 5) is 11.1. The maximum absolute atomic E-state index is 11.1. The number of nitrogens with zero attached hydrogens (tertiary/aromatic N) is 1. The summed E-state index contributed by atoms with van der Waals surface area (Å²) in [6, 6.07) is 7.61. The van der Waals surface area contributed by atoms with Gasteiger partial charge in [-0.05, 0) is 12.1 Å².